The van der Waals surface area contributed by atoms with Crippen molar-refractivity contribution >= 4 is 57.1 Å². The van der Waals surface area contributed by atoms with Crippen molar-refractivity contribution in [3.8, 4) is 28.8 Å². The summed E-state index contributed by atoms with van der Waals surface area (Å²) in [6.45, 7) is 0.737. The van der Waals surface area contributed by atoms with Crippen molar-refractivity contribution in [1.82, 2.24) is 14.2 Å². The number of aldehydes is 1. The van der Waals surface area contributed by atoms with Crippen LogP contribution >= 0.6 is 28.3 Å². The summed E-state index contributed by atoms with van der Waals surface area (Å²) in [4.78, 5) is 42.9. The third-order valence-corrected chi connectivity index (χ3v) is 8.56. The van der Waals surface area contributed by atoms with Gasteiger partial charge in [0.2, 0.25) is 5.91 Å². The molecule has 2 heterocycles. The number of pyridine rings is 1. The topological polar surface area (TPSA) is 79.8 Å². The van der Waals surface area contributed by atoms with E-state index in [1.807, 2.05) is 48.7 Å². The highest BCUT2D eigenvalue weighted by Crippen LogP contribution is 2.29. The summed E-state index contributed by atoms with van der Waals surface area (Å²) in [6, 6.07) is 20.6. The van der Waals surface area contributed by atoms with Crippen molar-refractivity contribution in [2.24, 2.45) is 0 Å². The lowest BCUT2D eigenvalue weighted by Gasteiger charge is -2.23. The van der Waals surface area contributed by atoms with Crippen molar-refractivity contribution in [1.29, 1.82) is 0 Å². The largest absolute Gasteiger partial charge is 0.494 e. The molecule has 0 radical (unpaired) electrons. The fraction of sp³-hybridized carbons (Fsp3) is 0.235. The van der Waals surface area contributed by atoms with Gasteiger partial charge in [-0.25, -0.2) is 0 Å². The van der Waals surface area contributed by atoms with E-state index >= 15 is 0 Å². The Labute approximate surface area is 268 Å². The zero-order valence-electron chi connectivity index (χ0n) is 24.0. The molecule has 44 heavy (non-hydrogen) atoms. The molecule has 0 fully saturated rings. The summed E-state index contributed by atoms with van der Waals surface area (Å²) in [7, 11) is 1.32. The molecule has 0 saturated heterocycles. The Bertz CT molecular complexity index is 1760. The Kier molecular flexibility index (Phi) is 10.3. The molecule has 1 aliphatic rings. The monoisotopic (exact) mass is 673 g/mol. The third-order valence-electron chi connectivity index (χ3n) is 7.46. The van der Waals surface area contributed by atoms with Gasteiger partial charge in [0.1, 0.15) is 12.0 Å². The smallest absolute Gasteiger partial charge is 0.255 e. The van der Waals surface area contributed by atoms with Gasteiger partial charge in [-0.15, -0.1) is 3.89 Å². The Morgan fingerprint density at radius 1 is 1.20 bits per heavy atom. The fourth-order valence-corrected chi connectivity index (χ4v) is 5.68. The van der Waals surface area contributed by atoms with Crippen LogP contribution in [0.15, 0.2) is 77.4 Å². The number of rotatable bonds is 11. The number of aromatic nitrogens is 1. The average Bonchev–Trinajstić information content (AvgIpc) is 3.39. The predicted octanol–water partition coefficient (Wildman–Crippen LogP) is 7.17. The second-order valence-corrected chi connectivity index (χ2v) is 11.8. The minimum Gasteiger partial charge on any atom is -0.494 e. The number of carbonyl (C=O) groups is 3. The van der Waals surface area contributed by atoms with E-state index < -0.39 is 11.9 Å². The van der Waals surface area contributed by atoms with Gasteiger partial charge >= 0.3 is 0 Å². The number of unbranched alkanes of at least 4 members (excludes halogenated alkanes) is 1. The SMILES string of the molecule is CN(SF)C(=O)CCC(C=O)N1Cc2c(C#CCCCOc3ccc(-c4cc5cccc(Br)c5cn4)cc3)cccc2C1=O. The Balaban J connectivity index is 1.13. The van der Waals surface area contributed by atoms with E-state index in [0.29, 0.717) is 24.9 Å². The number of fused-ring (bicyclic) bond motifs is 2. The minimum absolute atomic E-state index is 0.0458. The second-order valence-electron chi connectivity index (χ2n) is 10.3. The summed E-state index contributed by atoms with van der Waals surface area (Å²) >= 11 is 3.38. The van der Waals surface area contributed by atoms with Gasteiger partial charge < -0.3 is 14.4 Å². The second kappa shape index (κ2) is 14.5. The normalized spacial score (nSPS) is 12.8. The van der Waals surface area contributed by atoms with Gasteiger partial charge in [0.05, 0.1) is 18.3 Å². The van der Waals surface area contributed by atoms with Gasteiger partial charge in [0.25, 0.3) is 5.91 Å². The van der Waals surface area contributed by atoms with Crippen molar-refractivity contribution in [2.45, 2.75) is 38.3 Å². The highest BCUT2D eigenvalue weighted by Gasteiger charge is 2.34. The molecule has 0 bridgehead atoms. The molecule has 1 aliphatic heterocycles. The quantitative estimate of drug-likeness (QED) is 0.0727. The van der Waals surface area contributed by atoms with E-state index in [1.165, 1.54) is 11.9 Å². The number of amides is 2. The maximum atomic E-state index is 13.0. The molecular formula is C34H29BrFN3O4S. The molecular weight excluding hydrogens is 645 g/mol. The molecule has 4 aromatic rings. The number of hydrogen-bond acceptors (Lipinski definition) is 6. The molecule has 3 aromatic carbocycles. The van der Waals surface area contributed by atoms with E-state index in [0.717, 1.165) is 54.1 Å². The van der Waals surface area contributed by atoms with E-state index in [9.17, 15) is 18.3 Å². The lowest BCUT2D eigenvalue weighted by molar-refractivity contribution is -0.125. The molecule has 1 atom stereocenters. The van der Waals surface area contributed by atoms with Crippen LogP contribution in [0.4, 0.5) is 3.89 Å². The highest BCUT2D eigenvalue weighted by molar-refractivity contribution is 9.10. The number of ether oxygens (including phenoxy) is 1. The van der Waals surface area contributed by atoms with Crippen LogP contribution in [0.5, 0.6) is 5.75 Å². The molecule has 0 aliphatic carbocycles. The summed E-state index contributed by atoms with van der Waals surface area (Å²) in [5.74, 6) is 6.38. The molecule has 0 spiro atoms. The Morgan fingerprint density at radius 2 is 2.00 bits per heavy atom. The van der Waals surface area contributed by atoms with Crippen molar-refractivity contribution < 1.29 is 23.0 Å². The van der Waals surface area contributed by atoms with Crippen molar-refractivity contribution in [3.63, 3.8) is 0 Å². The molecule has 1 aromatic heterocycles. The maximum Gasteiger partial charge on any atom is 0.255 e. The average molecular weight is 675 g/mol. The number of hydrogen-bond donors (Lipinski definition) is 0. The van der Waals surface area contributed by atoms with Crippen LogP contribution in [-0.4, -0.2) is 52.0 Å². The van der Waals surface area contributed by atoms with Crippen LogP contribution in [0.1, 0.15) is 47.2 Å². The van der Waals surface area contributed by atoms with Gasteiger partial charge in [-0.05, 0) is 72.3 Å². The lowest BCUT2D eigenvalue weighted by Crippen LogP contribution is -2.37. The summed E-state index contributed by atoms with van der Waals surface area (Å²) < 4.78 is 20.4. The zero-order chi connectivity index (χ0) is 31.1. The van der Waals surface area contributed by atoms with Crippen LogP contribution in [-0.2, 0) is 16.1 Å². The van der Waals surface area contributed by atoms with Crippen molar-refractivity contribution in [2.75, 3.05) is 13.7 Å². The van der Waals surface area contributed by atoms with Crippen molar-refractivity contribution in [3.05, 3.63) is 94.1 Å². The van der Waals surface area contributed by atoms with Crippen LogP contribution in [0.3, 0.4) is 0 Å². The van der Waals surface area contributed by atoms with Gasteiger partial charge in [-0.3, -0.25) is 18.9 Å². The van der Waals surface area contributed by atoms with Gasteiger partial charge in [-0.2, -0.15) is 0 Å². The predicted molar refractivity (Wildman–Crippen MR) is 173 cm³/mol. The van der Waals surface area contributed by atoms with Crippen LogP contribution < -0.4 is 4.74 Å². The summed E-state index contributed by atoms with van der Waals surface area (Å²) in [5, 5.41) is 2.19. The first-order chi connectivity index (χ1) is 21.4. The molecule has 7 nitrogen and oxygen atoms in total. The third kappa shape index (κ3) is 7.12. The van der Waals surface area contributed by atoms with E-state index in [-0.39, 0.29) is 37.6 Å². The fourth-order valence-electron chi connectivity index (χ4n) is 5.03. The molecule has 224 valence electrons. The lowest BCUT2D eigenvalue weighted by atomic mass is 10.0. The molecule has 0 N–H and O–H groups in total. The maximum absolute atomic E-state index is 13.0. The van der Waals surface area contributed by atoms with E-state index in [2.05, 4.69) is 44.9 Å². The zero-order valence-corrected chi connectivity index (χ0v) is 26.4. The first-order valence-corrected chi connectivity index (χ1v) is 15.6. The Hall–Kier alpha value is -4.20. The van der Waals surface area contributed by atoms with Crippen LogP contribution in [0.2, 0.25) is 0 Å². The Morgan fingerprint density at radius 3 is 2.77 bits per heavy atom. The van der Waals surface area contributed by atoms with E-state index in [1.54, 1.807) is 12.1 Å². The minimum atomic E-state index is -0.782. The van der Waals surface area contributed by atoms with E-state index in [4.69, 9.17) is 4.74 Å². The van der Waals surface area contributed by atoms with Gasteiger partial charge in [-0.1, -0.05) is 46.0 Å². The molecule has 1 unspecified atom stereocenters. The van der Waals surface area contributed by atoms with Crippen LogP contribution in [0, 0.1) is 11.8 Å². The number of carbonyl (C=O) groups excluding carboxylic acids is 3. The van der Waals surface area contributed by atoms with Gasteiger partial charge in [0.15, 0.2) is 12.3 Å². The summed E-state index contributed by atoms with van der Waals surface area (Å²) in [5.41, 5.74) is 3.91. The van der Waals surface area contributed by atoms with Crippen LogP contribution in [0.25, 0.3) is 22.0 Å². The number of nitrogens with zero attached hydrogens (tertiary/aromatic N) is 3. The first kappa shape index (κ1) is 31.2. The molecule has 5 rings (SSSR count). The molecule has 10 heteroatoms. The standard InChI is InChI=1S/C34H29BrFN3O4S/c1-38(44-36)33(41)17-14-26(22-40)39-21-30-23(8-5-10-28(30)34(39)42)7-3-2-4-18-43-27-15-12-24(13-16-27)32-19-25-9-6-11-31(35)29(25)20-37-32/h5-6,8-13,15-16,19-20,22,26H,2,4,14,17-18,21H2,1H3. The highest BCUT2D eigenvalue weighted by atomic mass is 79.9. The number of halogens is 2. The number of benzene rings is 3. The molecule has 0 saturated carbocycles. The first-order valence-electron chi connectivity index (χ1n) is 14.1. The summed E-state index contributed by atoms with van der Waals surface area (Å²) in [6.07, 6.45) is 3.95. The molecule has 2 amide bonds. The van der Waals surface area contributed by atoms with Gasteiger partial charge in [0, 0.05) is 59.2 Å².